The second-order valence-corrected chi connectivity index (χ2v) is 7.29. The molecule has 2 aromatic carbocycles. The molecule has 0 fully saturated rings. The van der Waals surface area contributed by atoms with Gasteiger partial charge in [-0.3, -0.25) is 15.0 Å². The predicted octanol–water partition coefficient (Wildman–Crippen LogP) is 4.51. The highest BCUT2D eigenvalue weighted by atomic mass is 32.2. The van der Waals surface area contributed by atoms with Crippen molar-refractivity contribution in [1.29, 1.82) is 0 Å². The number of hydrogen-bond donors (Lipinski definition) is 2. The Morgan fingerprint density at radius 3 is 2.65 bits per heavy atom. The standard InChI is InChI=1S/C20H22N2O3S/c1-2-3-4-5-13-18(24)21-22-14-9-6-7-11-16(14)26-17-12-8-10-15(23)19(17)20(22)25/h6-12,23H,2-5,13H2,1H3,(H,21,24). The van der Waals surface area contributed by atoms with Crippen molar-refractivity contribution in [2.75, 3.05) is 5.01 Å². The Hall–Kier alpha value is -2.47. The highest BCUT2D eigenvalue weighted by Gasteiger charge is 2.30. The van der Waals surface area contributed by atoms with E-state index in [9.17, 15) is 14.7 Å². The molecule has 6 heteroatoms. The van der Waals surface area contributed by atoms with Crippen LogP contribution in [0.25, 0.3) is 0 Å². The fourth-order valence-corrected chi connectivity index (χ4v) is 3.98. The third-order valence-corrected chi connectivity index (χ3v) is 5.37. The molecule has 0 aliphatic carbocycles. The van der Waals surface area contributed by atoms with E-state index >= 15 is 0 Å². The number of benzene rings is 2. The third-order valence-electron chi connectivity index (χ3n) is 4.24. The summed E-state index contributed by atoms with van der Waals surface area (Å²) in [7, 11) is 0. The Labute approximate surface area is 157 Å². The largest absolute Gasteiger partial charge is 0.507 e. The molecule has 2 amide bonds. The molecular weight excluding hydrogens is 348 g/mol. The summed E-state index contributed by atoms with van der Waals surface area (Å²) in [6.07, 6.45) is 4.35. The van der Waals surface area contributed by atoms with Crippen molar-refractivity contribution < 1.29 is 14.7 Å². The lowest BCUT2D eigenvalue weighted by Crippen LogP contribution is -2.46. The normalized spacial score (nSPS) is 13.0. The second kappa shape index (κ2) is 8.27. The number of nitrogens with zero attached hydrogens (tertiary/aromatic N) is 1. The van der Waals surface area contributed by atoms with Gasteiger partial charge in [0.25, 0.3) is 5.91 Å². The Kier molecular flexibility index (Phi) is 5.83. The summed E-state index contributed by atoms with van der Waals surface area (Å²) in [5.41, 5.74) is 3.55. The van der Waals surface area contributed by atoms with E-state index in [-0.39, 0.29) is 17.2 Å². The molecule has 0 saturated carbocycles. The Morgan fingerprint density at radius 2 is 1.85 bits per heavy atom. The van der Waals surface area contributed by atoms with Crippen LogP contribution in [0.4, 0.5) is 5.69 Å². The number of carbonyl (C=O) groups is 2. The number of phenolic OH excluding ortho intramolecular Hbond substituents is 1. The number of unbranched alkanes of at least 4 members (excludes halogenated alkanes) is 3. The van der Waals surface area contributed by atoms with Gasteiger partial charge < -0.3 is 5.11 Å². The van der Waals surface area contributed by atoms with Gasteiger partial charge in [0, 0.05) is 16.2 Å². The maximum absolute atomic E-state index is 13.1. The highest BCUT2D eigenvalue weighted by molar-refractivity contribution is 7.99. The van der Waals surface area contributed by atoms with Gasteiger partial charge >= 0.3 is 0 Å². The van der Waals surface area contributed by atoms with E-state index in [0.717, 1.165) is 30.6 Å². The SMILES string of the molecule is CCCCCCC(=O)NN1C(=O)c2c(O)cccc2Sc2ccccc21. The van der Waals surface area contributed by atoms with Gasteiger partial charge in [-0.1, -0.05) is 56.1 Å². The first-order valence-corrected chi connectivity index (χ1v) is 9.66. The summed E-state index contributed by atoms with van der Waals surface area (Å²) >= 11 is 1.40. The minimum atomic E-state index is -0.433. The molecule has 2 N–H and O–H groups in total. The average Bonchev–Trinajstić information content (AvgIpc) is 2.75. The molecule has 5 nitrogen and oxygen atoms in total. The number of aromatic hydroxyl groups is 1. The predicted molar refractivity (Wildman–Crippen MR) is 102 cm³/mol. The van der Waals surface area contributed by atoms with E-state index < -0.39 is 5.91 Å². The molecule has 0 unspecified atom stereocenters. The van der Waals surface area contributed by atoms with Crippen molar-refractivity contribution in [1.82, 2.24) is 5.43 Å². The number of para-hydroxylation sites is 1. The molecule has 3 rings (SSSR count). The van der Waals surface area contributed by atoms with Crippen LogP contribution >= 0.6 is 11.8 Å². The number of fused-ring (bicyclic) bond motifs is 2. The lowest BCUT2D eigenvalue weighted by Gasteiger charge is -2.23. The molecule has 0 atom stereocenters. The Balaban J connectivity index is 1.89. The molecule has 1 heterocycles. The number of rotatable bonds is 6. The molecule has 0 saturated heterocycles. The van der Waals surface area contributed by atoms with Crippen LogP contribution in [-0.4, -0.2) is 16.9 Å². The monoisotopic (exact) mass is 370 g/mol. The molecule has 136 valence electrons. The zero-order chi connectivity index (χ0) is 18.5. The van der Waals surface area contributed by atoms with Crippen molar-refractivity contribution >= 4 is 29.3 Å². The van der Waals surface area contributed by atoms with E-state index in [2.05, 4.69) is 12.3 Å². The number of carbonyl (C=O) groups excluding carboxylic acids is 2. The van der Waals surface area contributed by atoms with Crippen LogP contribution in [0.5, 0.6) is 5.75 Å². The molecule has 26 heavy (non-hydrogen) atoms. The van der Waals surface area contributed by atoms with Crippen molar-refractivity contribution in [3.63, 3.8) is 0 Å². The summed E-state index contributed by atoms with van der Waals surface area (Å²) in [5, 5.41) is 11.5. The van der Waals surface area contributed by atoms with Crippen molar-refractivity contribution in [3.8, 4) is 5.75 Å². The van der Waals surface area contributed by atoms with Gasteiger partial charge in [0.05, 0.1) is 11.3 Å². The summed E-state index contributed by atoms with van der Waals surface area (Å²) in [6, 6.07) is 12.4. The van der Waals surface area contributed by atoms with Gasteiger partial charge in [-0.25, -0.2) is 5.01 Å². The number of anilines is 1. The molecule has 0 radical (unpaired) electrons. The van der Waals surface area contributed by atoms with E-state index in [0.29, 0.717) is 17.0 Å². The van der Waals surface area contributed by atoms with Gasteiger partial charge in [0.1, 0.15) is 5.75 Å². The van der Waals surface area contributed by atoms with Gasteiger partial charge in [0.2, 0.25) is 5.91 Å². The quantitative estimate of drug-likeness (QED) is 0.734. The van der Waals surface area contributed by atoms with Crippen LogP contribution in [0.1, 0.15) is 49.4 Å². The topological polar surface area (TPSA) is 69.6 Å². The average molecular weight is 370 g/mol. The lowest BCUT2D eigenvalue weighted by molar-refractivity contribution is -0.121. The number of hydrazine groups is 1. The van der Waals surface area contributed by atoms with Gasteiger partial charge in [0.15, 0.2) is 0 Å². The molecule has 2 aromatic rings. The molecule has 0 aromatic heterocycles. The van der Waals surface area contributed by atoms with Crippen LogP contribution in [0.2, 0.25) is 0 Å². The minimum absolute atomic E-state index is 0.0880. The van der Waals surface area contributed by atoms with Crippen molar-refractivity contribution in [2.24, 2.45) is 0 Å². The summed E-state index contributed by atoms with van der Waals surface area (Å²) in [4.78, 5) is 26.9. The molecule has 0 spiro atoms. The van der Waals surface area contributed by atoms with Crippen LogP contribution in [0, 0.1) is 0 Å². The number of nitrogens with one attached hydrogen (secondary N) is 1. The lowest BCUT2D eigenvalue weighted by atomic mass is 10.1. The van der Waals surface area contributed by atoms with Crippen LogP contribution in [-0.2, 0) is 4.79 Å². The molecule has 1 aliphatic heterocycles. The van der Waals surface area contributed by atoms with Crippen molar-refractivity contribution in [2.45, 2.75) is 48.8 Å². The smallest absolute Gasteiger partial charge is 0.281 e. The second-order valence-electron chi connectivity index (χ2n) is 6.21. The molecular formula is C20H22N2O3S. The first kappa shape index (κ1) is 18.3. The molecule has 1 aliphatic rings. The maximum Gasteiger partial charge on any atom is 0.281 e. The fraction of sp³-hybridized carbons (Fsp3) is 0.300. The van der Waals surface area contributed by atoms with Crippen molar-refractivity contribution in [3.05, 3.63) is 48.0 Å². The van der Waals surface area contributed by atoms with E-state index in [4.69, 9.17) is 0 Å². The number of phenols is 1. The van der Waals surface area contributed by atoms with E-state index in [1.165, 1.54) is 22.8 Å². The van der Waals surface area contributed by atoms with Crippen LogP contribution in [0.15, 0.2) is 52.3 Å². The fourth-order valence-electron chi connectivity index (χ4n) is 2.89. The van der Waals surface area contributed by atoms with Gasteiger partial charge in [-0.2, -0.15) is 0 Å². The first-order chi connectivity index (χ1) is 12.6. The summed E-state index contributed by atoms with van der Waals surface area (Å²) < 4.78 is 0. The molecule has 0 bridgehead atoms. The van der Waals surface area contributed by atoms with Gasteiger partial charge in [-0.15, -0.1) is 0 Å². The third kappa shape index (κ3) is 3.85. The first-order valence-electron chi connectivity index (χ1n) is 8.84. The summed E-state index contributed by atoms with van der Waals surface area (Å²) in [5.74, 6) is -0.722. The van der Waals surface area contributed by atoms with Crippen LogP contribution < -0.4 is 10.4 Å². The Bertz CT molecular complexity index is 822. The number of amides is 2. The highest BCUT2D eigenvalue weighted by Crippen LogP contribution is 2.42. The van der Waals surface area contributed by atoms with Gasteiger partial charge in [-0.05, 0) is 30.7 Å². The van der Waals surface area contributed by atoms with Crippen LogP contribution in [0.3, 0.4) is 0 Å². The zero-order valence-electron chi connectivity index (χ0n) is 14.7. The van der Waals surface area contributed by atoms with E-state index in [1.54, 1.807) is 18.2 Å². The number of hydrogen-bond acceptors (Lipinski definition) is 4. The van der Waals surface area contributed by atoms with E-state index in [1.807, 2.05) is 18.2 Å². The Morgan fingerprint density at radius 1 is 1.08 bits per heavy atom. The zero-order valence-corrected chi connectivity index (χ0v) is 15.5. The maximum atomic E-state index is 13.1. The summed E-state index contributed by atoms with van der Waals surface area (Å²) in [6.45, 7) is 2.12. The minimum Gasteiger partial charge on any atom is -0.507 e.